The average Bonchev–Trinajstić information content (AvgIpc) is 1.87. The second kappa shape index (κ2) is 4.28. The summed E-state index contributed by atoms with van der Waals surface area (Å²) in [7, 11) is 0. The van der Waals surface area contributed by atoms with Crippen molar-refractivity contribution in [3.8, 4) is 0 Å². The van der Waals surface area contributed by atoms with E-state index >= 15 is 0 Å². The normalized spacial score (nSPS) is 15.9. The van der Waals surface area contributed by atoms with Gasteiger partial charge in [-0.1, -0.05) is 20.3 Å². The van der Waals surface area contributed by atoms with Crippen LogP contribution in [0.4, 0.5) is 0 Å². The minimum absolute atomic E-state index is 0.132. The summed E-state index contributed by atoms with van der Waals surface area (Å²) in [5.74, 6) is 0.492. The third-order valence-electron chi connectivity index (χ3n) is 1.72. The first-order valence-electron chi connectivity index (χ1n) is 3.29. The lowest BCUT2D eigenvalue weighted by Crippen LogP contribution is -2.09. The van der Waals surface area contributed by atoms with E-state index in [1.807, 2.05) is 6.92 Å². The Morgan fingerprint density at radius 3 is 2.44 bits per heavy atom. The largest absolute Gasteiger partial charge is 0.235 e. The molecule has 0 aliphatic carbocycles. The van der Waals surface area contributed by atoms with Gasteiger partial charge in [0.2, 0.25) is 6.08 Å². The molecule has 0 N–H and O–H groups in total. The van der Waals surface area contributed by atoms with Gasteiger partial charge in [-0.05, 0) is 12.8 Å². The van der Waals surface area contributed by atoms with Gasteiger partial charge in [0.1, 0.15) is 0 Å². The topological polar surface area (TPSA) is 29.4 Å². The van der Waals surface area contributed by atoms with E-state index < -0.39 is 0 Å². The van der Waals surface area contributed by atoms with Crippen molar-refractivity contribution in [2.45, 2.75) is 33.2 Å². The van der Waals surface area contributed by atoms with Crippen LogP contribution in [0.25, 0.3) is 0 Å². The molecule has 0 fully saturated rings. The van der Waals surface area contributed by atoms with Crippen LogP contribution in [0.1, 0.15) is 27.2 Å². The van der Waals surface area contributed by atoms with Crippen LogP contribution in [0.3, 0.4) is 0 Å². The summed E-state index contributed by atoms with van der Waals surface area (Å²) < 4.78 is 0. The first-order valence-corrected chi connectivity index (χ1v) is 3.29. The summed E-state index contributed by atoms with van der Waals surface area (Å²) >= 11 is 0. The highest BCUT2D eigenvalue weighted by molar-refractivity contribution is 5.33. The van der Waals surface area contributed by atoms with Crippen LogP contribution in [0.15, 0.2) is 4.99 Å². The maximum absolute atomic E-state index is 9.74. The van der Waals surface area contributed by atoms with E-state index in [1.165, 1.54) is 0 Å². The molecule has 0 aliphatic rings. The average molecular weight is 127 g/mol. The fraction of sp³-hybridized carbons (Fsp3) is 0.857. The number of nitrogens with zero attached hydrogens (tertiary/aromatic N) is 1. The second-order valence-corrected chi connectivity index (χ2v) is 2.35. The number of isocyanates is 1. The summed E-state index contributed by atoms with van der Waals surface area (Å²) in [5, 5.41) is 0. The van der Waals surface area contributed by atoms with Crippen LogP contribution in [-0.2, 0) is 4.79 Å². The molecule has 0 radical (unpaired) electrons. The highest BCUT2D eigenvalue weighted by Crippen LogP contribution is 2.08. The molecule has 9 heavy (non-hydrogen) atoms. The molecule has 0 unspecified atom stereocenters. The number of hydrogen-bond acceptors (Lipinski definition) is 2. The van der Waals surface area contributed by atoms with Crippen molar-refractivity contribution in [1.29, 1.82) is 0 Å². The van der Waals surface area contributed by atoms with Crippen LogP contribution in [0.5, 0.6) is 0 Å². The van der Waals surface area contributed by atoms with Gasteiger partial charge in [0.15, 0.2) is 0 Å². The standard InChI is InChI=1S/C7H13NO/c1-4-6(2)7(3)8-5-9/h6-7H,4H2,1-3H3/t6-,7+/m1/s1. The Labute approximate surface area is 56.0 Å². The third kappa shape index (κ3) is 3.04. The minimum Gasteiger partial charge on any atom is -0.211 e. The molecule has 2 nitrogen and oxygen atoms in total. The Hall–Kier alpha value is -0.620. The SMILES string of the molecule is CC[C@@H](C)[C@H](C)N=C=O. The lowest BCUT2D eigenvalue weighted by molar-refractivity contribution is 0.466. The zero-order valence-corrected chi connectivity index (χ0v) is 6.22. The van der Waals surface area contributed by atoms with E-state index in [1.54, 1.807) is 6.08 Å². The molecule has 0 aromatic carbocycles. The molecule has 0 aromatic rings. The van der Waals surface area contributed by atoms with E-state index in [0.717, 1.165) is 6.42 Å². The molecule has 0 spiro atoms. The van der Waals surface area contributed by atoms with Gasteiger partial charge in [-0.25, -0.2) is 9.79 Å². The molecule has 0 bridgehead atoms. The second-order valence-electron chi connectivity index (χ2n) is 2.35. The van der Waals surface area contributed by atoms with Crippen LogP contribution in [-0.4, -0.2) is 12.1 Å². The molecule has 2 atom stereocenters. The Balaban J connectivity index is 3.71. The van der Waals surface area contributed by atoms with Crippen molar-refractivity contribution in [2.75, 3.05) is 0 Å². The molecule has 0 heterocycles. The van der Waals surface area contributed by atoms with Gasteiger partial charge in [0.05, 0.1) is 6.04 Å². The maximum atomic E-state index is 9.74. The zero-order chi connectivity index (χ0) is 7.28. The van der Waals surface area contributed by atoms with Crippen molar-refractivity contribution in [2.24, 2.45) is 10.9 Å². The predicted octanol–water partition coefficient (Wildman–Crippen LogP) is 1.76. The fourth-order valence-electron chi connectivity index (χ4n) is 0.551. The molecule has 0 rings (SSSR count). The molecule has 52 valence electrons. The highest BCUT2D eigenvalue weighted by atomic mass is 16.1. The summed E-state index contributed by atoms with van der Waals surface area (Å²) in [6.45, 7) is 6.09. The van der Waals surface area contributed by atoms with E-state index in [-0.39, 0.29) is 6.04 Å². The summed E-state index contributed by atoms with van der Waals surface area (Å²) in [4.78, 5) is 13.3. The number of rotatable bonds is 3. The Kier molecular flexibility index (Phi) is 3.98. The number of carbonyl (C=O) groups excluding carboxylic acids is 1. The third-order valence-corrected chi connectivity index (χ3v) is 1.72. The molecule has 0 aromatic heterocycles. The number of hydrogen-bond donors (Lipinski definition) is 0. The van der Waals surface area contributed by atoms with E-state index in [9.17, 15) is 4.79 Å². The maximum Gasteiger partial charge on any atom is 0.235 e. The van der Waals surface area contributed by atoms with Crippen molar-refractivity contribution in [3.63, 3.8) is 0 Å². The monoisotopic (exact) mass is 127 g/mol. The van der Waals surface area contributed by atoms with E-state index in [2.05, 4.69) is 18.8 Å². The Morgan fingerprint density at radius 2 is 2.11 bits per heavy atom. The van der Waals surface area contributed by atoms with Crippen LogP contribution in [0, 0.1) is 5.92 Å². The number of aliphatic imine (C=N–C) groups is 1. The van der Waals surface area contributed by atoms with E-state index in [0.29, 0.717) is 5.92 Å². The molecular formula is C7H13NO. The van der Waals surface area contributed by atoms with E-state index in [4.69, 9.17) is 0 Å². The lowest BCUT2D eigenvalue weighted by Gasteiger charge is -2.09. The van der Waals surface area contributed by atoms with Crippen LogP contribution >= 0.6 is 0 Å². The van der Waals surface area contributed by atoms with Crippen molar-refractivity contribution in [1.82, 2.24) is 0 Å². The van der Waals surface area contributed by atoms with Gasteiger partial charge >= 0.3 is 0 Å². The summed E-state index contributed by atoms with van der Waals surface area (Å²) in [5.41, 5.74) is 0. The molecule has 0 saturated carbocycles. The van der Waals surface area contributed by atoms with Gasteiger partial charge in [-0.15, -0.1) is 0 Å². The van der Waals surface area contributed by atoms with Gasteiger partial charge in [0.25, 0.3) is 0 Å². The Bertz CT molecular complexity index is 116. The summed E-state index contributed by atoms with van der Waals surface area (Å²) in [6, 6.07) is 0.132. The first kappa shape index (κ1) is 8.38. The first-order chi connectivity index (χ1) is 4.22. The van der Waals surface area contributed by atoms with Crippen molar-refractivity contribution < 1.29 is 4.79 Å². The van der Waals surface area contributed by atoms with Crippen molar-refractivity contribution >= 4 is 6.08 Å². The van der Waals surface area contributed by atoms with Crippen molar-refractivity contribution in [3.05, 3.63) is 0 Å². The smallest absolute Gasteiger partial charge is 0.211 e. The van der Waals surface area contributed by atoms with Gasteiger partial charge in [0, 0.05) is 0 Å². The van der Waals surface area contributed by atoms with Gasteiger partial charge < -0.3 is 0 Å². The van der Waals surface area contributed by atoms with Gasteiger partial charge in [-0.3, -0.25) is 0 Å². The molecule has 0 saturated heterocycles. The quantitative estimate of drug-likeness (QED) is 0.419. The zero-order valence-electron chi connectivity index (χ0n) is 6.22. The highest BCUT2D eigenvalue weighted by Gasteiger charge is 2.06. The minimum atomic E-state index is 0.132. The van der Waals surface area contributed by atoms with Crippen LogP contribution < -0.4 is 0 Å². The molecular weight excluding hydrogens is 114 g/mol. The lowest BCUT2D eigenvalue weighted by atomic mass is 10.0. The predicted molar refractivity (Wildman–Crippen MR) is 37.0 cm³/mol. The fourth-order valence-corrected chi connectivity index (χ4v) is 0.551. The Morgan fingerprint density at radius 1 is 1.56 bits per heavy atom. The van der Waals surface area contributed by atoms with Crippen LogP contribution in [0.2, 0.25) is 0 Å². The summed E-state index contributed by atoms with van der Waals surface area (Å²) in [6.07, 6.45) is 2.62. The molecule has 0 amide bonds. The molecule has 0 aliphatic heterocycles. The van der Waals surface area contributed by atoms with Gasteiger partial charge in [-0.2, -0.15) is 0 Å². The molecule has 2 heteroatoms.